The predicted octanol–water partition coefficient (Wildman–Crippen LogP) is 6.04. The zero-order valence-corrected chi connectivity index (χ0v) is 38.9. The Morgan fingerprint density at radius 3 is 2.67 bits per heavy atom. The van der Waals surface area contributed by atoms with Crippen molar-refractivity contribution in [1.29, 1.82) is 0 Å². The van der Waals surface area contributed by atoms with E-state index in [1.807, 2.05) is 32.2 Å². The van der Waals surface area contributed by atoms with Gasteiger partial charge in [0.2, 0.25) is 5.91 Å². The number of aldehydes is 1. The summed E-state index contributed by atoms with van der Waals surface area (Å²) in [5.41, 5.74) is 8.56. The third-order valence-electron chi connectivity index (χ3n) is 12.6. The number of hydrogen-bond acceptors (Lipinski definition) is 11. The molecule has 7 rings (SSSR count). The maximum Gasteiger partial charge on any atom is 0.320 e. The smallest absolute Gasteiger partial charge is 0.320 e. The highest BCUT2D eigenvalue weighted by molar-refractivity contribution is 7.10. The fourth-order valence-electron chi connectivity index (χ4n) is 9.38. The van der Waals surface area contributed by atoms with Gasteiger partial charge in [-0.25, -0.2) is 15.2 Å². The van der Waals surface area contributed by atoms with Gasteiger partial charge >= 0.3 is 6.03 Å². The molecule has 0 radical (unpaired) electrons. The Labute approximate surface area is 374 Å². The minimum absolute atomic E-state index is 0.0479. The highest BCUT2D eigenvalue weighted by atomic mass is 32.1. The van der Waals surface area contributed by atoms with Crippen molar-refractivity contribution in [1.82, 2.24) is 40.1 Å². The number of amides is 4. The first kappa shape index (κ1) is 46.3. The number of ether oxygens (including phenoxy) is 3. The zero-order chi connectivity index (χ0) is 45.1. The molecule has 3 aliphatic heterocycles. The predicted molar refractivity (Wildman–Crippen MR) is 243 cm³/mol. The molecule has 3 aromatic heterocycles. The number of benzene rings is 1. The largest absolute Gasteiger partial charge is 0.380 e. The lowest BCUT2D eigenvalue weighted by atomic mass is 9.84. The van der Waals surface area contributed by atoms with Crippen LogP contribution in [0.3, 0.4) is 0 Å². The highest BCUT2D eigenvalue weighted by Gasteiger charge is 2.42. The summed E-state index contributed by atoms with van der Waals surface area (Å²) in [4.78, 5) is 69.0. The lowest BCUT2D eigenvalue weighted by Crippen LogP contribution is -2.66. The molecule has 16 heteroatoms. The number of rotatable bonds is 9. The molecule has 1 aromatic carbocycles. The summed E-state index contributed by atoms with van der Waals surface area (Å²) in [7, 11) is 3.34. The molecule has 0 aliphatic carbocycles. The standard InChI is InChI=1S/C47H64N8O7S/c1-9-54-38-15-14-32-23-34(38)35(42(54)33-13-10-17-48-40(33)31(4)60-8)25-46(5,6)28-62-29-47(27-56)16-11-19-55(51-47)44(58)36(24-39-49-37(32)26-63-39)50-43(57)41(30(2)3)52(7)45(59)53-18-12-21-61-22-20-53/h10,13-15,17,23,26-27,30-31,36,41,51H,9,11-12,16,18-22,24-25,28-29H2,1-8H3,(H,50,57)/t31-,36-,41-,47-/m0/s1. The van der Waals surface area contributed by atoms with Crippen LogP contribution >= 0.6 is 11.3 Å². The number of urea groups is 1. The maximum atomic E-state index is 14.7. The Balaban J connectivity index is 1.30. The number of carbonyl (C=O) groups is 4. The fourth-order valence-corrected chi connectivity index (χ4v) is 10.2. The summed E-state index contributed by atoms with van der Waals surface area (Å²) in [6.45, 7) is 15.7. The molecule has 0 spiro atoms. The lowest BCUT2D eigenvalue weighted by Gasteiger charge is -2.42. The van der Waals surface area contributed by atoms with Gasteiger partial charge in [-0.05, 0) is 80.7 Å². The molecule has 340 valence electrons. The Morgan fingerprint density at radius 2 is 1.92 bits per heavy atom. The second kappa shape index (κ2) is 19.6. The van der Waals surface area contributed by atoms with E-state index in [-0.39, 0.29) is 31.1 Å². The first-order valence-corrected chi connectivity index (χ1v) is 23.2. The van der Waals surface area contributed by atoms with Crippen LogP contribution in [-0.2, 0) is 48.0 Å². The van der Waals surface area contributed by atoms with Crippen molar-refractivity contribution in [2.75, 3.05) is 60.2 Å². The minimum atomic E-state index is -1.17. The Hall–Kier alpha value is -4.74. The summed E-state index contributed by atoms with van der Waals surface area (Å²) < 4.78 is 20.2. The van der Waals surface area contributed by atoms with E-state index < -0.39 is 34.9 Å². The summed E-state index contributed by atoms with van der Waals surface area (Å²) in [5, 5.41) is 8.25. The van der Waals surface area contributed by atoms with Crippen LogP contribution in [0, 0.1) is 11.3 Å². The number of nitrogens with one attached hydrogen (secondary N) is 2. The lowest BCUT2D eigenvalue weighted by molar-refractivity contribution is -0.147. The summed E-state index contributed by atoms with van der Waals surface area (Å²) in [6, 6.07) is 8.35. The average molecular weight is 885 g/mol. The number of nitrogens with zero attached hydrogens (tertiary/aromatic N) is 6. The minimum Gasteiger partial charge on any atom is -0.380 e. The third-order valence-corrected chi connectivity index (χ3v) is 13.5. The van der Waals surface area contributed by atoms with Gasteiger partial charge in [0.25, 0.3) is 5.91 Å². The first-order valence-electron chi connectivity index (χ1n) is 22.3. The Bertz CT molecular complexity index is 2280. The van der Waals surface area contributed by atoms with Gasteiger partial charge in [-0.1, -0.05) is 33.8 Å². The monoisotopic (exact) mass is 884 g/mol. The second-order valence-electron chi connectivity index (χ2n) is 18.4. The van der Waals surface area contributed by atoms with Crippen molar-refractivity contribution in [2.24, 2.45) is 11.3 Å². The molecular weight excluding hydrogens is 821 g/mol. The molecule has 15 nitrogen and oxygen atoms in total. The SMILES string of the molecule is CCn1c(-c2cccnc2[C@H](C)OC)c2c3cc(ccc31)-c1csc(n1)C[C@H](NC(=O)[C@H](C(C)C)N(C)C(=O)N1CCCOCC1)C(=O)N1CCC[C@](C=O)(COCC(C)(C)C2)N1. The topological polar surface area (TPSA) is 160 Å². The van der Waals surface area contributed by atoms with Gasteiger partial charge in [0.05, 0.1) is 48.0 Å². The number of likely N-dealkylation sites (N-methyl/N-ethyl adjacent to an activating group) is 1. The van der Waals surface area contributed by atoms with E-state index >= 15 is 0 Å². The van der Waals surface area contributed by atoms with Crippen molar-refractivity contribution in [2.45, 2.75) is 104 Å². The average Bonchev–Trinajstić information content (AvgIpc) is 3.74. The van der Waals surface area contributed by atoms with Crippen molar-refractivity contribution in [3.05, 3.63) is 58.2 Å². The van der Waals surface area contributed by atoms with E-state index in [4.69, 9.17) is 24.2 Å². The van der Waals surface area contributed by atoms with E-state index in [0.717, 1.165) is 57.5 Å². The van der Waals surface area contributed by atoms with Crippen molar-refractivity contribution >= 4 is 46.4 Å². The van der Waals surface area contributed by atoms with E-state index in [1.54, 1.807) is 25.3 Å². The molecule has 6 heterocycles. The van der Waals surface area contributed by atoms with Crippen LogP contribution < -0.4 is 10.7 Å². The van der Waals surface area contributed by atoms with Gasteiger partial charge in [0.15, 0.2) is 0 Å². The first-order chi connectivity index (χ1) is 30.2. The molecule has 2 N–H and O–H groups in total. The number of carbonyl (C=O) groups excluding carboxylic acids is 4. The number of fused-ring (bicyclic) bond motifs is 6. The van der Waals surface area contributed by atoms with Crippen LogP contribution in [-0.4, -0.2) is 131 Å². The molecule has 2 saturated heterocycles. The number of hydrazine groups is 1. The van der Waals surface area contributed by atoms with Crippen molar-refractivity contribution in [3.8, 4) is 22.5 Å². The van der Waals surface area contributed by atoms with Crippen LogP contribution in [0.5, 0.6) is 0 Å². The number of hydrogen-bond donors (Lipinski definition) is 2. The Kier molecular flexibility index (Phi) is 14.4. The molecule has 4 amide bonds. The van der Waals surface area contributed by atoms with Gasteiger partial charge in [-0.15, -0.1) is 11.3 Å². The van der Waals surface area contributed by atoms with Crippen LogP contribution in [0.1, 0.15) is 83.2 Å². The van der Waals surface area contributed by atoms with E-state index in [0.29, 0.717) is 70.1 Å². The van der Waals surface area contributed by atoms with Crippen molar-refractivity contribution in [3.63, 3.8) is 0 Å². The molecule has 6 bridgehead atoms. The molecule has 3 aliphatic rings. The van der Waals surface area contributed by atoms with Gasteiger partial charge in [-0.3, -0.25) is 19.6 Å². The van der Waals surface area contributed by atoms with E-state index in [1.165, 1.54) is 21.2 Å². The van der Waals surface area contributed by atoms with Crippen LogP contribution in [0.4, 0.5) is 4.79 Å². The molecule has 63 heavy (non-hydrogen) atoms. The maximum absolute atomic E-state index is 14.7. The number of thiazole rings is 1. The van der Waals surface area contributed by atoms with Crippen LogP contribution in [0.25, 0.3) is 33.4 Å². The summed E-state index contributed by atoms with van der Waals surface area (Å²) in [5.74, 6) is -1.11. The summed E-state index contributed by atoms with van der Waals surface area (Å²) in [6.07, 6.45) is 4.90. The number of aryl methyl sites for hydroxylation is 1. The molecule has 2 fully saturated rings. The van der Waals surface area contributed by atoms with Gasteiger partial charge in [0, 0.05) is 87.0 Å². The normalized spacial score (nSPS) is 22.0. The molecule has 4 atom stereocenters. The fraction of sp³-hybridized carbons (Fsp3) is 0.574. The van der Waals surface area contributed by atoms with Crippen LogP contribution in [0.15, 0.2) is 41.9 Å². The van der Waals surface area contributed by atoms with Crippen LogP contribution in [0.2, 0.25) is 0 Å². The quantitative estimate of drug-likeness (QED) is 0.190. The number of methoxy groups -OCH3 is 1. The van der Waals surface area contributed by atoms with Gasteiger partial charge < -0.3 is 38.7 Å². The summed E-state index contributed by atoms with van der Waals surface area (Å²) >= 11 is 1.43. The number of pyridine rings is 1. The molecular formula is C47H64N8O7S. The van der Waals surface area contributed by atoms with Crippen molar-refractivity contribution < 1.29 is 33.4 Å². The van der Waals surface area contributed by atoms with E-state index in [2.05, 4.69) is 60.3 Å². The Morgan fingerprint density at radius 1 is 1.11 bits per heavy atom. The molecule has 4 aromatic rings. The molecule has 0 unspecified atom stereocenters. The highest BCUT2D eigenvalue weighted by Crippen LogP contribution is 2.42. The second-order valence-corrected chi connectivity index (χ2v) is 19.3. The van der Waals surface area contributed by atoms with E-state index in [9.17, 15) is 19.2 Å². The molecule has 0 saturated carbocycles. The van der Waals surface area contributed by atoms with Gasteiger partial charge in [-0.2, -0.15) is 0 Å². The third kappa shape index (κ3) is 9.85. The number of aromatic nitrogens is 3. The zero-order valence-electron chi connectivity index (χ0n) is 38.1. The van der Waals surface area contributed by atoms with Gasteiger partial charge in [0.1, 0.15) is 23.9 Å².